The van der Waals surface area contributed by atoms with Gasteiger partial charge in [0, 0.05) is 25.2 Å². The largest absolute Gasteiger partial charge is 0.336 e. The van der Waals surface area contributed by atoms with Crippen LogP contribution in [0.2, 0.25) is 0 Å². The van der Waals surface area contributed by atoms with Crippen LogP contribution in [-0.2, 0) is 0 Å². The molecule has 0 spiro atoms. The van der Waals surface area contributed by atoms with Crippen molar-refractivity contribution in [2.24, 2.45) is 11.7 Å². The van der Waals surface area contributed by atoms with E-state index < -0.39 is 0 Å². The zero-order chi connectivity index (χ0) is 11.4. The van der Waals surface area contributed by atoms with Crippen molar-refractivity contribution < 1.29 is 4.79 Å². The Bertz CT molecular complexity index is 218. The molecule has 0 aromatic carbocycles. The second-order valence-corrected chi connectivity index (χ2v) is 4.67. The van der Waals surface area contributed by atoms with E-state index in [1.807, 2.05) is 18.7 Å². The highest BCUT2D eigenvalue weighted by atomic mass is 16.2. The molecule has 0 bridgehead atoms. The number of carbonyl (C=O) groups excluding carboxylic acids is 1. The van der Waals surface area contributed by atoms with E-state index in [2.05, 4.69) is 12.2 Å². The molecule has 4 heteroatoms. The van der Waals surface area contributed by atoms with Crippen LogP contribution in [0.25, 0.3) is 0 Å². The summed E-state index contributed by atoms with van der Waals surface area (Å²) in [4.78, 5) is 13.6. The molecular formula is C11H23N3O. The third kappa shape index (κ3) is 3.38. The van der Waals surface area contributed by atoms with E-state index in [-0.39, 0.29) is 18.1 Å². The Morgan fingerprint density at radius 1 is 1.60 bits per heavy atom. The lowest BCUT2D eigenvalue weighted by Crippen LogP contribution is -2.52. The van der Waals surface area contributed by atoms with Crippen molar-refractivity contribution in [3.63, 3.8) is 0 Å². The highest BCUT2D eigenvalue weighted by Gasteiger charge is 2.27. The van der Waals surface area contributed by atoms with E-state index >= 15 is 0 Å². The van der Waals surface area contributed by atoms with E-state index in [4.69, 9.17) is 5.73 Å². The minimum atomic E-state index is 0.0513. The first-order valence-electron chi connectivity index (χ1n) is 5.85. The van der Waals surface area contributed by atoms with Gasteiger partial charge in [-0.1, -0.05) is 13.3 Å². The molecule has 3 N–H and O–H groups in total. The SMILES string of the molecule is CCC1CN(C(=O)NC(C)C)CCC1N. The third-order valence-electron chi connectivity index (χ3n) is 3.02. The third-order valence-corrected chi connectivity index (χ3v) is 3.02. The number of nitrogens with two attached hydrogens (primary N) is 1. The average molecular weight is 213 g/mol. The van der Waals surface area contributed by atoms with Gasteiger partial charge in [0.25, 0.3) is 0 Å². The summed E-state index contributed by atoms with van der Waals surface area (Å²) >= 11 is 0. The maximum Gasteiger partial charge on any atom is 0.317 e. The fourth-order valence-electron chi connectivity index (χ4n) is 2.00. The molecule has 0 aliphatic carbocycles. The summed E-state index contributed by atoms with van der Waals surface area (Å²) in [5, 5.41) is 2.92. The highest BCUT2D eigenvalue weighted by molar-refractivity contribution is 5.74. The molecule has 2 amide bonds. The van der Waals surface area contributed by atoms with Crippen LogP contribution in [0.1, 0.15) is 33.6 Å². The predicted molar refractivity (Wildman–Crippen MR) is 61.6 cm³/mol. The van der Waals surface area contributed by atoms with Crippen LogP contribution >= 0.6 is 0 Å². The second kappa shape index (κ2) is 5.35. The summed E-state index contributed by atoms with van der Waals surface area (Å²) in [6.45, 7) is 7.68. The van der Waals surface area contributed by atoms with Gasteiger partial charge in [-0.05, 0) is 26.2 Å². The van der Waals surface area contributed by atoms with Crippen LogP contribution in [0, 0.1) is 5.92 Å². The van der Waals surface area contributed by atoms with Crippen molar-refractivity contribution in [3.05, 3.63) is 0 Å². The number of carbonyl (C=O) groups is 1. The first-order chi connectivity index (χ1) is 7.04. The smallest absolute Gasteiger partial charge is 0.317 e. The van der Waals surface area contributed by atoms with Crippen LogP contribution in [0.15, 0.2) is 0 Å². The Hall–Kier alpha value is -0.770. The molecule has 4 nitrogen and oxygen atoms in total. The van der Waals surface area contributed by atoms with Crippen molar-refractivity contribution in [1.82, 2.24) is 10.2 Å². The molecule has 1 fully saturated rings. The number of rotatable bonds is 2. The number of hydrogen-bond acceptors (Lipinski definition) is 2. The number of amides is 2. The Labute approximate surface area is 92.2 Å². The first kappa shape index (κ1) is 12.3. The Morgan fingerprint density at radius 2 is 2.27 bits per heavy atom. The zero-order valence-corrected chi connectivity index (χ0v) is 9.99. The van der Waals surface area contributed by atoms with Crippen LogP contribution in [0.5, 0.6) is 0 Å². The molecule has 0 radical (unpaired) electrons. The highest BCUT2D eigenvalue weighted by Crippen LogP contribution is 2.18. The lowest BCUT2D eigenvalue weighted by Gasteiger charge is -2.36. The number of nitrogens with zero attached hydrogens (tertiary/aromatic N) is 1. The maximum atomic E-state index is 11.8. The van der Waals surface area contributed by atoms with Gasteiger partial charge in [-0.3, -0.25) is 0 Å². The Kier molecular flexibility index (Phi) is 4.39. The summed E-state index contributed by atoms with van der Waals surface area (Å²) in [5.41, 5.74) is 5.99. The fraction of sp³-hybridized carbons (Fsp3) is 0.909. The van der Waals surface area contributed by atoms with Crippen molar-refractivity contribution in [2.45, 2.75) is 45.7 Å². The lowest BCUT2D eigenvalue weighted by atomic mass is 9.91. The van der Waals surface area contributed by atoms with Crippen LogP contribution in [-0.4, -0.2) is 36.1 Å². The minimum absolute atomic E-state index is 0.0513. The second-order valence-electron chi connectivity index (χ2n) is 4.67. The van der Waals surface area contributed by atoms with Gasteiger partial charge < -0.3 is 16.0 Å². The number of urea groups is 1. The first-order valence-corrected chi connectivity index (χ1v) is 5.85. The number of nitrogens with one attached hydrogen (secondary N) is 1. The van der Waals surface area contributed by atoms with Crippen LogP contribution in [0.3, 0.4) is 0 Å². The van der Waals surface area contributed by atoms with Gasteiger partial charge in [0.1, 0.15) is 0 Å². The molecule has 0 aromatic heterocycles. The van der Waals surface area contributed by atoms with Gasteiger partial charge in [0.15, 0.2) is 0 Å². The van der Waals surface area contributed by atoms with Crippen molar-refractivity contribution >= 4 is 6.03 Å². The molecule has 2 atom stereocenters. The van der Waals surface area contributed by atoms with Crippen molar-refractivity contribution in [2.75, 3.05) is 13.1 Å². The molecule has 1 aliphatic rings. The normalized spacial score (nSPS) is 26.9. The molecule has 15 heavy (non-hydrogen) atoms. The van der Waals surface area contributed by atoms with Crippen LogP contribution in [0.4, 0.5) is 4.79 Å². The summed E-state index contributed by atoms with van der Waals surface area (Å²) in [7, 11) is 0. The van der Waals surface area contributed by atoms with Crippen molar-refractivity contribution in [3.8, 4) is 0 Å². The Balaban J connectivity index is 2.47. The summed E-state index contributed by atoms with van der Waals surface area (Å²) < 4.78 is 0. The summed E-state index contributed by atoms with van der Waals surface area (Å²) in [6.07, 6.45) is 1.97. The molecule has 1 aliphatic heterocycles. The zero-order valence-electron chi connectivity index (χ0n) is 9.99. The quantitative estimate of drug-likeness (QED) is 0.723. The monoisotopic (exact) mass is 213 g/mol. The van der Waals surface area contributed by atoms with Gasteiger partial charge in [-0.15, -0.1) is 0 Å². The van der Waals surface area contributed by atoms with E-state index in [0.717, 1.165) is 25.9 Å². The number of hydrogen-bond donors (Lipinski definition) is 2. The topological polar surface area (TPSA) is 58.4 Å². The minimum Gasteiger partial charge on any atom is -0.336 e. The number of piperidine rings is 1. The molecule has 1 saturated heterocycles. The molecule has 0 aromatic rings. The van der Waals surface area contributed by atoms with Gasteiger partial charge in [0.05, 0.1) is 0 Å². The molecule has 0 saturated carbocycles. The molecule has 88 valence electrons. The van der Waals surface area contributed by atoms with E-state index in [0.29, 0.717) is 5.92 Å². The van der Waals surface area contributed by atoms with Crippen LogP contribution < -0.4 is 11.1 Å². The summed E-state index contributed by atoms with van der Waals surface area (Å²) in [6, 6.07) is 0.515. The fourth-order valence-corrected chi connectivity index (χ4v) is 2.00. The molecule has 1 rings (SSSR count). The standard InChI is InChI=1S/C11H23N3O/c1-4-9-7-14(6-5-10(9)12)11(15)13-8(2)3/h8-10H,4-7,12H2,1-3H3,(H,13,15). The molecular weight excluding hydrogens is 190 g/mol. The molecule has 2 unspecified atom stereocenters. The van der Waals surface area contributed by atoms with E-state index in [9.17, 15) is 4.79 Å². The van der Waals surface area contributed by atoms with E-state index in [1.165, 1.54) is 0 Å². The van der Waals surface area contributed by atoms with Gasteiger partial charge >= 0.3 is 6.03 Å². The van der Waals surface area contributed by atoms with Crippen molar-refractivity contribution in [1.29, 1.82) is 0 Å². The predicted octanol–water partition coefficient (Wildman–Crippen LogP) is 1.16. The number of likely N-dealkylation sites (tertiary alicyclic amines) is 1. The summed E-state index contributed by atoms with van der Waals surface area (Å²) in [5.74, 6) is 0.455. The average Bonchev–Trinajstić information content (AvgIpc) is 2.17. The van der Waals surface area contributed by atoms with Gasteiger partial charge in [0.2, 0.25) is 0 Å². The lowest BCUT2D eigenvalue weighted by molar-refractivity contribution is 0.151. The van der Waals surface area contributed by atoms with Gasteiger partial charge in [-0.25, -0.2) is 4.79 Å². The maximum absolute atomic E-state index is 11.8. The molecule has 1 heterocycles. The van der Waals surface area contributed by atoms with E-state index in [1.54, 1.807) is 0 Å². The van der Waals surface area contributed by atoms with Gasteiger partial charge in [-0.2, -0.15) is 0 Å². The Morgan fingerprint density at radius 3 is 2.80 bits per heavy atom.